The fourth-order valence-electron chi connectivity index (χ4n) is 3.33. The zero-order valence-electron chi connectivity index (χ0n) is 13.0. The van der Waals surface area contributed by atoms with Gasteiger partial charge in [-0.05, 0) is 57.7 Å². The fourth-order valence-corrected chi connectivity index (χ4v) is 3.33. The van der Waals surface area contributed by atoms with E-state index in [9.17, 15) is 0 Å². The molecule has 5 nitrogen and oxygen atoms in total. The highest BCUT2D eigenvalue weighted by Gasteiger charge is 2.21. The zero-order valence-corrected chi connectivity index (χ0v) is 13.0. The lowest BCUT2D eigenvalue weighted by Crippen LogP contribution is -2.36. The summed E-state index contributed by atoms with van der Waals surface area (Å²) in [7, 11) is 0. The molecule has 3 rings (SSSR count). The van der Waals surface area contributed by atoms with Crippen molar-refractivity contribution in [2.45, 2.75) is 45.7 Å². The molecule has 0 spiro atoms. The van der Waals surface area contributed by atoms with Gasteiger partial charge in [-0.15, -0.1) is 0 Å². The smallest absolute Gasteiger partial charge is 0.0527 e. The van der Waals surface area contributed by atoms with Crippen LogP contribution in [-0.4, -0.2) is 38.0 Å². The Morgan fingerprint density at radius 3 is 3.00 bits per heavy atom. The molecule has 0 aliphatic carbocycles. The molecule has 1 fully saturated rings. The Balaban J connectivity index is 1.59. The molecule has 3 heterocycles. The number of likely N-dealkylation sites (tertiary alicyclic amines) is 1. The number of nitrogens with zero attached hydrogens (tertiary/aromatic N) is 4. The van der Waals surface area contributed by atoms with Gasteiger partial charge in [0.25, 0.3) is 0 Å². The predicted octanol–water partition coefficient (Wildman–Crippen LogP) is 2.64. The molecule has 0 radical (unpaired) electrons. The lowest BCUT2D eigenvalue weighted by molar-refractivity contribution is 0.161. The summed E-state index contributed by atoms with van der Waals surface area (Å²) >= 11 is 0. The summed E-state index contributed by atoms with van der Waals surface area (Å²) in [6, 6.07) is 4.67. The maximum atomic E-state index is 4.44. The lowest BCUT2D eigenvalue weighted by atomic mass is 9.93. The van der Waals surface area contributed by atoms with Crippen LogP contribution in [0.25, 0.3) is 0 Å². The highest BCUT2D eigenvalue weighted by atomic mass is 15.3. The van der Waals surface area contributed by atoms with E-state index in [0.29, 0.717) is 6.04 Å². The summed E-state index contributed by atoms with van der Waals surface area (Å²) in [5, 5.41) is 11.6. The largest absolute Gasteiger partial charge is 0.297 e. The number of rotatable bonds is 5. The minimum atomic E-state index is 0.431. The standard InChI is InChI=1S/C16H25N5/c1-13(2)21-16(6-8-18-21)12-20-9-3-4-14(11-20)10-15-5-7-17-19-15/h5-8,13-14H,3-4,9-12H2,1-2H3,(H,17,19)/t14-/m1/s1. The number of hydrogen-bond acceptors (Lipinski definition) is 3. The second-order valence-corrected chi connectivity index (χ2v) is 6.39. The molecule has 114 valence electrons. The van der Waals surface area contributed by atoms with Gasteiger partial charge in [-0.1, -0.05) is 0 Å². The predicted molar refractivity (Wildman–Crippen MR) is 82.9 cm³/mol. The van der Waals surface area contributed by atoms with Crippen molar-refractivity contribution < 1.29 is 0 Å². The van der Waals surface area contributed by atoms with Crippen molar-refractivity contribution in [1.82, 2.24) is 24.9 Å². The van der Waals surface area contributed by atoms with E-state index >= 15 is 0 Å². The summed E-state index contributed by atoms with van der Waals surface area (Å²) in [6.45, 7) is 7.75. The van der Waals surface area contributed by atoms with Crippen molar-refractivity contribution in [1.29, 1.82) is 0 Å². The number of nitrogens with one attached hydrogen (secondary N) is 1. The monoisotopic (exact) mass is 287 g/mol. The summed E-state index contributed by atoms with van der Waals surface area (Å²) < 4.78 is 2.14. The second-order valence-electron chi connectivity index (χ2n) is 6.39. The number of aromatic nitrogens is 4. The van der Waals surface area contributed by atoms with Crippen molar-refractivity contribution in [3.8, 4) is 0 Å². The van der Waals surface area contributed by atoms with Crippen LogP contribution in [0.15, 0.2) is 24.5 Å². The summed E-state index contributed by atoms with van der Waals surface area (Å²) in [5.74, 6) is 0.731. The van der Waals surface area contributed by atoms with Gasteiger partial charge >= 0.3 is 0 Å². The van der Waals surface area contributed by atoms with Crippen molar-refractivity contribution in [3.63, 3.8) is 0 Å². The van der Waals surface area contributed by atoms with Gasteiger partial charge in [-0.2, -0.15) is 10.2 Å². The Kier molecular flexibility index (Phi) is 4.39. The number of piperidine rings is 1. The molecular weight excluding hydrogens is 262 g/mol. The van der Waals surface area contributed by atoms with Gasteiger partial charge < -0.3 is 0 Å². The highest BCUT2D eigenvalue weighted by molar-refractivity contribution is 5.03. The Morgan fingerprint density at radius 2 is 2.24 bits per heavy atom. The minimum absolute atomic E-state index is 0.431. The quantitative estimate of drug-likeness (QED) is 0.919. The third-order valence-electron chi connectivity index (χ3n) is 4.30. The van der Waals surface area contributed by atoms with Gasteiger partial charge in [0.2, 0.25) is 0 Å². The SMILES string of the molecule is CC(C)n1nccc1CN1CCC[C@H](Cc2ccn[nH]2)C1. The van der Waals surface area contributed by atoms with Gasteiger partial charge in [0.1, 0.15) is 0 Å². The molecule has 2 aromatic heterocycles. The molecule has 21 heavy (non-hydrogen) atoms. The fraction of sp³-hybridized carbons (Fsp3) is 0.625. The van der Waals surface area contributed by atoms with Crippen LogP contribution in [0.1, 0.15) is 44.1 Å². The molecule has 2 aromatic rings. The van der Waals surface area contributed by atoms with Crippen molar-refractivity contribution in [2.75, 3.05) is 13.1 Å². The first-order valence-electron chi connectivity index (χ1n) is 7.95. The van der Waals surface area contributed by atoms with Crippen LogP contribution in [0.4, 0.5) is 0 Å². The van der Waals surface area contributed by atoms with Gasteiger partial charge in [0, 0.05) is 37.2 Å². The number of aromatic amines is 1. The molecule has 1 aliphatic rings. The Morgan fingerprint density at radius 1 is 1.33 bits per heavy atom. The van der Waals surface area contributed by atoms with Crippen LogP contribution in [0.3, 0.4) is 0 Å². The number of H-pyrrole nitrogens is 1. The summed E-state index contributed by atoms with van der Waals surface area (Å²) in [4.78, 5) is 2.57. The van der Waals surface area contributed by atoms with Gasteiger partial charge in [0.05, 0.1) is 5.69 Å². The molecule has 1 aliphatic heterocycles. The Labute approximate surface area is 126 Å². The lowest BCUT2D eigenvalue weighted by Gasteiger charge is -2.32. The minimum Gasteiger partial charge on any atom is -0.297 e. The van der Waals surface area contributed by atoms with Crippen LogP contribution < -0.4 is 0 Å². The molecule has 5 heteroatoms. The van der Waals surface area contributed by atoms with Gasteiger partial charge in [-0.3, -0.25) is 14.7 Å². The van der Waals surface area contributed by atoms with E-state index in [1.807, 2.05) is 12.4 Å². The molecule has 1 N–H and O–H groups in total. The van der Waals surface area contributed by atoms with Crippen molar-refractivity contribution >= 4 is 0 Å². The van der Waals surface area contributed by atoms with Crippen LogP contribution in [0.2, 0.25) is 0 Å². The van der Waals surface area contributed by atoms with Crippen LogP contribution >= 0.6 is 0 Å². The van der Waals surface area contributed by atoms with Crippen LogP contribution in [-0.2, 0) is 13.0 Å². The third kappa shape index (κ3) is 3.53. The van der Waals surface area contributed by atoms with E-state index < -0.39 is 0 Å². The van der Waals surface area contributed by atoms with Gasteiger partial charge in [0.15, 0.2) is 0 Å². The first-order chi connectivity index (χ1) is 10.2. The first kappa shape index (κ1) is 14.3. The normalized spacial score (nSPS) is 20.2. The first-order valence-corrected chi connectivity index (χ1v) is 7.95. The topological polar surface area (TPSA) is 49.7 Å². The highest BCUT2D eigenvalue weighted by Crippen LogP contribution is 2.22. The molecular formula is C16H25N5. The van der Waals surface area contributed by atoms with E-state index in [2.05, 4.69) is 50.9 Å². The van der Waals surface area contributed by atoms with Crippen molar-refractivity contribution in [3.05, 3.63) is 35.9 Å². The van der Waals surface area contributed by atoms with E-state index in [1.54, 1.807) is 0 Å². The molecule has 0 aromatic carbocycles. The maximum Gasteiger partial charge on any atom is 0.0527 e. The maximum absolute atomic E-state index is 4.44. The van der Waals surface area contributed by atoms with Gasteiger partial charge in [-0.25, -0.2) is 0 Å². The summed E-state index contributed by atoms with van der Waals surface area (Å²) in [6.07, 6.45) is 7.48. The van der Waals surface area contributed by atoms with Crippen LogP contribution in [0, 0.1) is 5.92 Å². The second kappa shape index (κ2) is 6.43. The molecule has 0 bridgehead atoms. The molecule has 0 amide bonds. The molecule has 0 unspecified atom stereocenters. The number of hydrogen-bond donors (Lipinski definition) is 1. The average molecular weight is 287 g/mol. The third-order valence-corrected chi connectivity index (χ3v) is 4.30. The molecule has 1 saturated heterocycles. The Bertz CT molecular complexity index is 543. The Hall–Kier alpha value is -1.62. The molecule has 0 saturated carbocycles. The van der Waals surface area contributed by atoms with E-state index in [0.717, 1.165) is 18.9 Å². The zero-order chi connectivity index (χ0) is 14.7. The van der Waals surface area contributed by atoms with E-state index in [4.69, 9.17) is 0 Å². The summed E-state index contributed by atoms with van der Waals surface area (Å²) in [5.41, 5.74) is 2.58. The van der Waals surface area contributed by atoms with Crippen molar-refractivity contribution in [2.24, 2.45) is 5.92 Å². The average Bonchev–Trinajstić information content (AvgIpc) is 3.10. The van der Waals surface area contributed by atoms with E-state index in [1.165, 1.54) is 37.3 Å². The van der Waals surface area contributed by atoms with Crippen LogP contribution in [0.5, 0.6) is 0 Å². The molecule has 1 atom stereocenters. The van der Waals surface area contributed by atoms with E-state index in [-0.39, 0.29) is 0 Å².